The van der Waals surface area contributed by atoms with E-state index in [1.54, 1.807) is 30.3 Å². The number of benzene rings is 3. The molecule has 0 fully saturated rings. The molecule has 112 valence electrons. The second kappa shape index (κ2) is 5.31. The van der Waals surface area contributed by atoms with Crippen molar-refractivity contribution in [1.29, 1.82) is 0 Å². The van der Waals surface area contributed by atoms with E-state index in [2.05, 4.69) is 4.72 Å². The van der Waals surface area contributed by atoms with Crippen LogP contribution in [0.1, 0.15) is 0 Å². The highest BCUT2D eigenvalue weighted by Gasteiger charge is 2.19. The Balaban J connectivity index is 2.09. The second-order valence-corrected chi connectivity index (χ2v) is 6.40. The Morgan fingerprint density at radius 2 is 1.68 bits per heavy atom. The molecule has 0 aliphatic rings. The van der Waals surface area contributed by atoms with Crippen molar-refractivity contribution in [2.24, 2.45) is 0 Å². The lowest BCUT2D eigenvalue weighted by Gasteiger charge is -2.11. The number of halogens is 1. The summed E-state index contributed by atoms with van der Waals surface area (Å²) in [5, 5.41) is 10.5. The van der Waals surface area contributed by atoms with Gasteiger partial charge in [0.1, 0.15) is 5.75 Å². The molecule has 0 heterocycles. The van der Waals surface area contributed by atoms with Gasteiger partial charge in [0.2, 0.25) is 0 Å². The Bertz CT molecular complexity index is 949. The van der Waals surface area contributed by atoms with Gasteiger partial charge in [-0.1, -0.05) is 36.4 Å². The van der Waals surface area contributed by atoms with Crippen LogP contribution >= 0.6 is 0 Å². The number of sulfonamides is 1. The molecule has 6 heteroatoms. The molecule has 3 rings (SSSR count). The zero-order valence-corrected chi connectivity index (χ0v) is 12.1. The highest BCUT2D eigenvalue weighted by atomic mass is 32.2. The Morgan fingerprint density at radius 3 is 2.45 bits per heavy atom. The van der Waals surface area contributed by atoms with Crippen LogP contribution in [0.5, 0.6) is 5.75 Å². The maximum Gasteiger partial charge on any atom is 0.262 e. The van der Waals surface area contributed by atoms with E-state index in [0.717, 1.165) is 11.5 Å². The summed E-state index contributed by atoms with van der Waals surface area (Å²) >= 11 is 0. The number of phenols is 1. The molecule has 0 aliphatic carbocycles. The molecular weight excluding hydrogens is 305 g/mol. The Hall–Kier alpha value is -2.60. The summed E-state index contributed by atoms with van der Waals surface area (Å²) in [4.78, 5) is 0.0677. The molecule has 0 saturated heterocycles. The predicted molar refractivity (Wildman–Crippen MR) is 82.8 cm³/mol. The number of phenolic OH excluding ortho intramolecular Hbond substituents is 1. The van der Waals surface area contributed by atoms with Crippen molar-refractivity contribution in [2.75, 3.05) is 4.72 Å². The number of nitrogens with one attached hydrogen (secondary N) is 1. The number of fused-ring (bicyclic) bond motifs is 1. The van der Waals surface area contributed by atoms with E-state index in [9.17, 15) is 17.9 Å². The molecule has 0 saturated carbocycles. The van der Waals surface area contributed by atoms with Gasteiger partial charge >= 0.3 is 0 Å². The third-order valence-corrected chi connectivity index (χ3v) is 4.66. The lowest BCUT2D eigenvalue weighted by molar-refractivity contribution is 0.469. The topological polar surface area (TPSA) is 66.4 Å². The average Bonchev–Trinajstić information content (AvgIpc) is 2.49. The van der Waals surface area contributed by atoms with Gasteiger partial charge in [0.25, 0.3) is 10.0 Å². The first-order valence-electron chi connectivity index (χ1n) is 6.46. The minimum absolute atomic E-state index is 0.0677. The van der Waals surface area contributed by atoms with Gasteiger partial charge in [0, 0.05) is 11.5 Å². The molecule has 0 unspecified atom stereocenters. The van der Waals surface area contributed by atoms with Gasteiger partial charge in [0.05, 0.1) is 10.6 Å². The third-order valence-electron chi connectivity index (χ3n) is 3.24. The quantitative estimate of drug-likeness (QED) is 0.727. The molecule has 0 radical (unpaired) electrons. The van der Waals surface area contributed by atoms with Crippen molar-refractivity contribution in [3.05, 3.63) is 66.5 Å². The fourth-order valence-corrected chi connectivity index (χ4v) is 3.51. The van der Waals surface area contributed by atoms with E-state index >= 15 is 0 Å². The zero-order valence-electron chi connectivity index (χ0n) is 11.3. The summed E-state index contributed by atoms with van der Waals surface area (Å²) in [7, 11) is -3.95. The molecule has 4 nitrogen and oxygen atoms in total. The van der Waals surface area contributed by atoms with Crippen molar-refractivity contribution in [3.63, 3.8) is 0 Å². The maximum atomic E-state index is 13.7. The van der Waals surface area contributed by atoms with Crippen molar-refractivity contribution in [2.45, 2.75) is 4.90 Å². The van der Waals surface area contributed by atoms with Crippen molar-refractivity contribution in [1.82, 2.24) is 0 Å². The van der Waals surface area contributed by atoms with Crippen LogP contribution in [0.4, 0.5) is 10.1 Å². The van der Waals surface area contributed by atoms with Crippen LogP contribution in [0.3, 0.4) is 0 Å². The fraction of sp³-hybridized carbons (Fsp3) is 0. The summed E-state index contributed by atoms with van der Waals surface area (Å²) in [6.07, 6.45) is 0. The standard InChI is InChI=1S/C16H12FNO3S/c17-14-10-12(19)8-9-15(14)18-22(20,21)16-7-3-5-11-4-1-2-6-13(11)16/h1-10,18-19H. The monoisotopic (exact) mass is 317 g/mol. The smallest absolute Gasteiger partial charge is 0.262 e. The van der Waals surface area contributed by atoms with E-state index in [4.69, 9.17) is 0 Å². The predicted octanol–water partition coefficient (Wildman–Crippen LogP) is 3.49. The summed E-state index contributed by atoms with van der Waals surface area (Å²) in [5.74, 6) is -1.12. The average molecular weight is 317 g/mol. The third kappa shape index (κ3) is 2.60. The molecule has 3 aromatic carbocycles. The molecule has 22 heavy (non-hydrogen) atoms. The van der Waals surface area contributed by atoms with Gasteiger partial charge in [-0.25, -0.2) is 12.8 Å². The van der Waals surface area contributed by atoms with Gasteiger partial charge in [-0.3, -0.25) is 4.72 Å². The van der Waals surface area contributed by atoms with Crippen molar-refractivity contribution >= 4 is 26.5 Å². The van der Waals surface area contributed by atoms with Crippen LogP contribution in [0, 0.1) is 5.82 Å². The lowest BCUT2D eigenvalue weighted by atomic mass is 10.1. The molecule has 0 atom stereocenters. The SMILES string of the molecule is O=S(=O)(Nc1ccc(O)cc1F)c1cccc2ccccc12. The van der Waals surface area contributed by atoms with E-state index < -0.39 is 15.8 Å². The Kier molecular flexibility index (Phi) is 3.46. The van der Waals surface area contributed by atoms with Crippen LogP contribution in [0.25, 0.3) is 10.8 Å². The first kappa shape index (κ1) is 14.3. The van der Waals surface area contributed by atoms with Gasteiger partial charge in [-0.05, 0) is 23.6 Å². The lowest BCUT2D eigenvalue weighted by Crippen LogP contribution is -2.14. The summed E-state index contributed by atoms with van der Waals surface area (Å²) < 4.78 is 41.0. The second-order valence-electron chi connectivity index (χ2n) is 4.75. The van der Waals surface area contributed by atoms with Crippen LogP contribution in [-0.4, -0.2) is 13.5 Å². The van der Waals surface area contributed by atoms with Gasteiger partial charge < -0.3 is 5.11 Å². The molecule has 0 spiro atoms. The van der Waals surface area contributed by atoms with E-state index in [-0.39, 0.29) is 16.3 Å². The maximum absolute atomic E-state index is 13.7. The number of aromatic hydroxyl groups is 1. The minimum atomic E-state index is -3.95. The van der Waals surface area contributed by atoms with Crippen molar-refractivity contribution in [3.8, 4) is 5.75 Å². The summed E-state index contributed by atoms with van der Waals surface area (Å²) in [5.41, 5.74) is -0.217. The zero-order chi connectivity index (χ0) is 15.7. The molecule has 3 aromatic rings. The normalized spacial score (nSPS) is 11.5. The molecule has 0 aliphatic heterocycles. The number of rotatable bonds is 3. The number of hydrogen-bond donors (Lipinski definition) is 2. The van der Waals surface area contributed by atoms with E-state index in [0.29, 0.717) is 5.39 Å². The highest BCUT2D eigenvalue weighted by Crippen LogP contribution is 2.26. The van der Waals surface area contributed by atoms with Crippen LogP contribution in [0.15, 0.2) is 65.6 Å². The number of hydrogen-bond acceptors (Lipinski definition) is 3. The van der Waals surface area contributed by atoms with Gasteiger partial charge in [0.15, 0.2) is 5.82 Å². The summed E-state index contributed by atoms with van der Waals surface area (Å²) in [6.45, 7) is 0. The number of anilines is 1. The Labute approximate surface area is 126 Å². The molecule has 2 N–H and O–H groups in total. The largest absolute Gasteiger partial charge is 0.508 e. The van der Waals surface area contributed by atoms with Crippen molar-refractivity contribution < 1.29 is 17.9 Å². The molecule has 0 aromatic heterocycles. The van der Waals surface area contributed by atoms with Crippen LogP contribution < -0.4 is 4.72 Å². The molecule has 0 bridgehead atoms. The first-order valence-corrected chi connectivity index (χ1v) is 7.95. The van der Waals surface area contributed by atoms with Crippen LogP contribution in [0.2, 0.25) is 0 Å². The highest BCUT2D eigenvalue weighted by molar-refractivity contribution is 7.93. The van der Waals surface area contributed by atoms with Gasteiger partial charge in [-0.2, -0.15) is 0 Å². The first-order chi connectivity index (χ1) is 10.5. The van der Waals surface area contributed by atoms with Crippen LogP contribution in [-0.2, 0) is 10.0 Å². The van der Waals surface area contributed by atoms with E-state index in [1.807, 2.05) is 6.07 Å². The van der Waals surface area contributed by atoms with Gasteiger partial charge in [-0.15, -0.1) is 0 Å². The fourth-order valence-electron chi connectivity index (χ4n) is 2.22. The molecule has 0 amide bonds. The summed E-state index contributed by atoms with van der Waals surface area (Å²) in [6, 6.07) is 15.2. The minimum Gasteiger partial charge on any atom is -0.508 e. The molecular formula is C16H12FNO3S. The van der Waals surface area contributed by atoms with E-state index in [1.165, 1.54) is 18.2 Å². The Morgan fingerprint density at radius 1 is 0.955 bits per heavy atom.